The van der Waals surface area contributed by atoms with E-state index in [0.29, 0.717) is 26.2 Å². The molecular formula is C18H18F2N8O3. The molecule has 162 valence electrons. The first-order valence-electron chi connectivity index (χ1n) is 9.21. The molecular weight excluding hydrogens is 414 g/mol. The lowest BCUT2D eigenvalue weighted by Crippen LogP contribution is -2.49. The van der Waals surface area contributed by atoms with Crippen LogP contribution in [0.2, 0.25) is 0 Å². The molecule has 4 heterocycles. The van der Waals surface area contributed by atoms with Gasteiger partial charge < -0.3 is 25.6 Å². The fourth-order valence-electron chi connectivity index (χ4n) is 3.41. The Balaban J connectivity index is 1.61. The third-order valence-corrected chi connectivity index (χ3v) is 4.84. The first-order valence-corrected chi connectivity index (χ1v) is 9.21. The number of fused-ring (bicyclic) bond motifs is 1. The van der Waals surface area contributed by atoms with Crippen molar-refractivity contribution in [3.63, 3.8) is 0 Å². The average Bonchev–Trinajstić information content (AvgIpc) is 3.08. The number of methoxy groups -OCH3 is 1. The highest BCUT2D eigenvalue weighted by Gasteiger charge is 2.27. The van der Waals surface area contributed by atoms with Crippen LogP contribution in [0, 0.1) is 11.6 Å². The Kier molecular flexibility index (Phi) is 5.23. The van der Waals surface area contributed by atoms with Gasteiger partial charge in [-0.25, -0.2) is 23.1 Å². The number of nitrogens with one attached hydrogen (secondary N) is 1. The van der Waals surface area contributed by atoms with E-state index in [4.69, 9.17) is 10.5 Å². The van der Waals surface area contributed by atoms with Crippen molar-refractivity contribution in [2.75, 3.05) is 49.2 Å². The summed E-state index contributed by atoms with van der Waals surface area (Å²) in [5.41, 5.74) is 6.03. The summed E-state index contributed by atoms with van der Waals surface area (Å²) in [6.07, 6.45) is 3.84. The number of nitrogens with two attached hydrogens (primary N) is 1. The normalized spacial score (nSPS) is 14.0. The molecule has 0 aromatic carbocycles. The molecule has 1 saturated heterocycles. The number of halogens is 2. The average molecular weight is 432 g/mol. The van der Waals surface area contributed by atoms with Crippen LogP contribution in [0.5, 0.6) is 0 Å². The minimum atomic E-state index is -0.701. The summed E-state index contributed by atoms with van der Waals surface area (Å²) in [5, 5.41) is 6.47. The molecule has 0 unspecified atom stereocenters. The van der Waals surface area contributed by atoms with Gasteiger partial charge in [-0.15, -0.1) is 5.10 Å². The SMILES string of the molecule is COC(=O)N1CCN(c2c(F)cncc2NC(=O)c2c(N)nn3cc(F)cnc23)CC1. The number of hydrogen-bond acceptors (Lipinski definition) is 8. The fourth-order valence-corrected chi connectivity index (χ4v) is 3.41. The first kappa shape index (κ1) is 20.3. The van der Waals surface area contributed by atoms with Gasteiger partial charge in [-0.2, -0.15) is 0 Å². The van der Waals surface area contributed by atoms with Crippen molar-refractivity contribution in [3.8, 4) is 0 Å². The van der Waals surface area contributed by atoms with Crippen molar-refractivity contribution in [1.29, 1.82) is 0 Å². The maximum absolute atomic E-state index is 14.7. The minimum absolute atomic E-state index is 0.0500. The molecule has 0 aliphatic carbocycles. The molecule has 0 saturated carbocycles. The van der Waals surface area contributed by atoms with Crippen molar-refractivity contribution < 1.29 is 23.1 Å². The highest BCUT2D eigenvalue weighted by molar-refractivity contribution is 6.12. The van der Waals surface area contributed by atoms with Crippen LogP contribution in [-0.4, -0.2) is 69.8 Å². The van der Waals surface area contributed by atoms with E-state index in [0.717, 1.165) is 23.1 Å². The summed E-state index contributed by atoms with van der Waals surface area (Å²) in [7, 11) is 1.29. The summed E-state index contributed by atoms with van der Waals surface area (Å²) in [4.78, 5) is 35.4. The smallest absolute Gasteiger partial charge is 0.409 e. The van der Waals surface area contributed by atoms with Gasteiger partial charge in [0.2, 0.25) is 0 Å². The van der Waals surface area contributed by atoms with E-state index in [1.165, 1.54) is 18.2 Å². The highest BCUT2D eigenvalue weighted by atomic mass is 19.1. The monoisotopic (exact) mass is 432 g/mol. The number of anilines is 3. The topological polar surface area (TPSA) is 131 Å². The van der Waals surface area contributed by atoms with E-state index >= 15 is 0 Å². The molecule has 13 heteroatoms. The molecule has 1 aliphatic rings. The molecule has 3 aromatic rings. The minimum Gasteiger partial charge on any atom is -0.453 e. The molecule has 0 bridgehead atoms. The number of nitrogens with zero attached hydrogens (tertiary/aromatic N) is 6. The number of pyridine rings is 1. The third kappa shape index (κ3) is 3.76. The van der Waals surface area contributed by atoms with Crippen LogP contribution < -0.4 is 16.0 Å². The Morgan fingerprint density at radius 2 is 1.90 bits per heavy atom. The molecule has 0 atom stereocenters. The number of piperazine rings is 1. The standard InChI is InChI=1S/C18H18F2N8O3/c1-31-18(30)27-4-2-26(3-5-27)14-11(20)7-22-8-12(14)24-17(29)13-15(21)25-28-9-10(19)6-23-16(13)28/h6-9H,2-5H2,1H3,(H2,21,25)(H,24,29). The molecule has 2 amide bonds. The van der Waals surface area contributed by atoms with Gasteiger partial charge >= 0.3 is 6.09 Å². The predicted molar refractivity (Wildman–Crippen MR) is 106 cm³/mol. The second-order valence-electron chi connectivity index (χ2n) is 6.72. The lowest BCUT2D eigenvalue weighted by atomic mass is 10.2. The summed E-state index contributed by atoms with van der Waals surface area (Å²) >= 11 is 0. The Hall–Kier alpha value is -4.03. The lowest BCUT2D eigenvalue weighted by Gasteiger charge is -2.36. The quantitative estimate of drug-likeness (QED) is 0.630. The Labute approximate surface area is 174 Å². The molecule has 3 N–H and O–H groups in total. The van der Waals surface area contributed by atoms with Crippen molar-refractivity contribution in [3.05, 3.63) is 42.0 Å². The number of amides is 2. The number of ether oxygens (including phenoxy) is 1. The van der Waals surface area contributed by atoms with Crippen molar-refractivity contribution in [2.45, 2.75) is 0 Å². The van der Waals surface area contributed by atoms with E-state index in [9.17, 15) is 18.4 Å². The third-order valence-electron chi connectivity index (χ3n) is 4.84. The first-order chi connectivity index (χ1) is 14.9. The summed E-state index contributed by atoms with van der Waals surface area (Å²) in [6, 6.07) is 0. The van der Waals surface area contributed by atoms with Crippen molar-refractivity contribution >= 4 is 34.8 Å². The van der Waals surface area contributed by atoms with Gasteiger partial charge in [0.25, 0.3) is 5.91 Å². The van der Waals surface area contributed by atoms with Crippen LogP contribution in [0.25, 0.3) is 5.65 Å². The van der Waals surface area contributed by atoms with Gasteiger partial charge in [0, 0.05) is 26.2 Å². The number of hydrogen-bond donors (Lipinski definition) is 2. The molecule has 1 aliphatic heterocycles. The second kappa shape index (κ2) is 8.01. The molecule has 31 heavy (non-hydrogen) atoms. The second-order valence-corrected chi connectivity index (χ2v) is 6.72. The zero-order valence-electron chi connectivity index (χ0n) is 16.4. The highest BCUT2D eigenvalue weighted by Crippen LogP contribution is 2.30. The molecule has 1 fully saturated rings. The van der Waals surface area contributed by atoms with Crippen LogP contribution in [0.4, 0.5) is 30.8 Å². The van der Waals surface area contributed by atoms with Gasteiger partial charge in [-0.05, 0) is 0 Å². The summed E-state index contributed by atoms with van der Waals surface area (Å²) < 4.78 is 33.8. The van der Waals surface area contributed by atoms with Crippen LogP contribution in [0.1, 0.15) is 10.4 Å². The van der Waals surface area contributed by atoms with Crippen LogP contribution >= 0.6 is 0 Å². The van der Waals surface area contributed by atoms with Crippen LogP contribution in [0.3, 0.4) is 0 Å². The van der Waals surface area contributed by atoms with Crippen molar-refractivity contribution in [2.24, 2.45) is 0 Å². The zero-order valence-corrected chi connectivity index (χ0v) is 16.4. The molecule has 3 aromatic heterocycles. The van der Waals surface area contributed by atoms with Gasteiger partial charge in [0.15, 0.2) is 23.1 Å². The van der Waals surface area contributed by atoms with E-state index in [-0.39, 0.29) is 28.4 Å². The molecule has 11 nitrogen and oxygen atoms in total. The molecule has 0 spiro atoms. The molecule has 4 rings (SSSR count). The van der Waals surface area contributed by atoms with Gasteiger partial charge in [0.1, 0.15) is 11.3 Å². The van der Waals surface area contributed by atoms with E-state index in [2.05, 4.69) is 20.4 Å². The van der Waals surface area contributed by atoms with Gasteiger partial charge in [-0.3, -0.25) is 9.78 Å². The van der Waals surface area contributed by atoms with Gasteiger partial charge in [0.05, 0.1) is 37.6 Å². The number of carbonyl (C=O) groups excluding carboxylic acids is 2. The molecule has 0 radical (unpaired) electrons. The summed E-state index contributed by atoms with van der Waals surface area (Å²) in [6.45, 7) is 1.27. The summed E-state index contributed by atoms with van der Waals surface area (Å²) in [5.74, 6) is -2.15. The predicted octanol–water partition coefficient (Wildman–Crippen LogP) is 1.13. The van der Waals surface area contributed by atoms with E-state index in [1.807, 2.05) is 0 Å². The fraction of sp³-hybridized carbons (Fsp3) is 0.278. The number of carbonyl (C=O) groups is 2. The maximum atomic E-state index is 14.7. The van der Waals surface area contributed by atoms with Crippen LogP contribution in [0.15, 0.2) is 24.8 Å². The Morgan fingerprint density at radius 1 is 1.16 bits per heavy atom. The zero-order chi connectivity index (χ0) is 22.1. The largest absolute Gasteiger partial charge is 0.453 e. The van der Waals surface area contributed by atoms with E-state index in [1.54, 1.807) is 4.90 Å². The maximum Gasteiger partial charge on any atom is 0.409 e. The number of aromatic nitrogens is 4. The Bertz CT molecular complexity index is 1160. The van der Waals surface area contributed by atoms with E-state index < -0.39 is 23.6 Å². The Morgan fingerprint density at radius 3 is 2.61 bits per heavy atom. The lowest BCUT2D eigenvalue weighted by molar-refractivity contribution is 0.102. The number of rotatable bonds is 3. The van der Waals surface area contributed by atoms with Crippen LogP contribution in [-0.2, 0) is 4.74 Å². The van der Waals surface area contributed by atoms with Gasteiger partial charge in [-0.1, -0.05) is 0 Å². The van der Waals surface area contributed by atoms with Crippen molar-refractivity contribution in [1.82, 2.24) is 24.5 Å². The number of nitrogen functional groups attached to an aromatic ring is 1.